The summed E-state index contributed by atoms with van der Waals surface area (Å²) in [4.78, 5) is 0. The highest BCUT2D eigenvalue weighted by molar-refractivity contribution is 7.79. The predicted octanol–water partition coefficient (Wildman–Crippen LogP) is -8.53. The zero-order valence-electron chi connectivity index (χ0n) is 15.5. The Kier molecular flexibility index (Phi) is 12.2. The maximum absolute atomic E-state index is 9.21. The molecule has 2 aliphatic heterocycles. The topological polar surface area (TPSA) is 347 Å². The first-order valence-corrected chi connectivity index (χ1v) is 9.62. The number of nitrogens with two attached hydrogens (primary N) is 2. The molecule has 0 aliphatic carbocycles. The smallest absolute Gasteiger partial charge is 0.387 e. The van der Waals surface area contributed by atoms with Gasteiger partial charge in [0.1, 0.15) is 61.3 Å². The van der Waals surface area contributed by atoms with Crippen LogP contribution in [0.15, 0.2) is 0 Å². The van der Waals surface area contributed by atoms with Crippen molar-refractivity contribution in [3.63, 3.8) is 0 Å². The lowest BCUT2D eigenvalue weighted by molar-refractivity contribution is -0.296. The normalized spacial score (nSPS) is 42.9. The predicted molar refractivity (Wildman–Crippen MR) is 92.4 cm³/mol. The number of hydrogen-bond donors (Lipinski definition) is 14. The highest BCUT2D eigenvalue weighted by Gasteiger charge is 2.45. The Labute approximate surface area is 174 Å². The van der Waals surface area contributed by atoms with E-state index in [9.17, 15) is 10.2 Å². The van der Waals surface area contributed by atoms with Crippen LogP contribution in [0.25, 0.3) is 0 Å². The molecule has 0 spiro atoms. The number of hydrogen-bond acceptors (Lipinski definition) is 16. The van der Waals surface area contributed by atoms with Crippen LogP contribution in [0.1, 0.15) is 0 Å². The molecule has 4 unspecified atom stereocenters. The minimum atomic E-state index is -4.67. The first-order chi connectivity index (χ1) is 13.9. The molecule has 0 aromatic carbocycles. The van der Waals surface area contributed by atoms with E-state index in [4.69, 9.17) is 69.8 Å². The van der Waals surface area contributed by atoms with Gasteiger partial charge in [0.25, 0.3) is 0 Å². The number of aliphatic hydroxyl groups excluding tert-OH is 10. The minimum Gasteiger partial charge on any atom is -0.387 e. The second-order valence-electron chi connectivity index (χ2n) is 6.36. The molecule has 0 aromatic rings. The van der Waals surface area contributed by atoms with Crippen LogP contribution in [0.3, 0.4) is 0 Å². The van der Waals surface area contributed by atoms with Gasteiger partial charge in [0, 0.05) is 0 Å². The molecule has 19 heteroatoms. The monoisotopic (exact) mass is 488 g/mol. The van der Waals surface area contributed by atoms with E-state index in [2.05, 4.69) is 9.47 Å². The van der Waals surface area contributed by atoms with Crippen molar-refractivity contribution in [3.05, 3.63) is 0 Å². The van der Waals surface area contributed by atoms with E-state index in [-0.39, 0.29) is 0 Å². The molecule has 188 valence electrons. The molecule has 0 saturated carbocycles. The van der Waals surface area contributed by atoms with Gasteiger partial charge in [-0.3, -0.25) is 9.11 Å². The van der Waals surface area contributed by atoms with Crippen LogP contribution in [-0.4, -0.2) is 142 Å². The van der Waals surface area contributed by atoms with Gasteiger partial charge in [0.15, 0.2) is 12.6 Å². The van der Waals surface area contributed by atoms with Crippen LogP contribution in [0.4, 0.5) is 0 Å². The van der Waals surface area contributed by atoms with Gasteiger partial charge >= 0.3 is 10.4 Å². The number of aliphatic hydroxyl groups is 10. The Balaban J connectivity index is 0.000000479. The lowest BCUT2D eigenvalue weighted by atomic mass is 9.98. The Bertz CT molecular complexity index is 576. The van der Waals surface area contributed by atoms with Crippen molar-refractivity contribution in [2.75, 3.05) is 0 Å². The molecule has 0 aromatic heterocycles. The lowest BCUT2D eigenvalue weighted by Crippen LogP contribution is -2.62. The molecule has 16 N–H and O–H groups in total. The van der Waals surface area contributed by atoms with E-state index in [0.29, 0.717) is 0 Å². The third-order valence-electron chi connectivity index (χ3n) is 3.92. The van der Waals surface area contributed by atoms with E-state index in [1.807, 2.05) is 0 Å². The molecule has 0 bridgehead atoms. The van der Waals surface area contributed by atoms with Gasteiger partial charge in [-0.2, -0.15) is 8.42 Å². The van der Waals surface area contributed by atoms with E-state index >= 15 is 0 Å². The summed E-state index contributed by atoms with van der Waals surface area (Å²) in [7, 11) is -4.67. The van der Waals surface area contributed by atoms with Crippen molar-refractivity contribution in [1.82, 2.24) is 0 Å². The first kappa shape index (κ1) is 30.3. The third kappa shape index (κ3) is 9.77. The average Bonchev–Trinajstić information content (AvgIpc) is 2.62. The molecular formula is C12H28N2O16S. The molecule has 31 heavy (non-hydrogen) atoms. The van der Waals surface area contributed by atoms with Crippen molar-refractivity contribution in [2.24, 2.45) is 11.5 Å². The molecular weight excluding hydrogens is 460 g/mol. The third-order valence-corrected chi connectivity index (χ3v) is 3.92. The number of rotatable bonds is 2. The quantitative estimate of drug-likeness (QED) is 0.127. The summed E-state index contributed by atoms with van der Waals surface area (Å²) in [6.07, 6.45) is -18.5. The fourth-order valence-corrected chi connectivity index (χ4v) is 2.34. The summed E-state index contributed by atoms with van der Waals surface area (Å²) in [5.41, 5.74) is 9.99. The molecule has 12 atom stereocenters. The fraction of sp³-hybridized carbons (Fsp3) is 1.00. The van der Waals surface area contributed by atoms with Crippen LogP contribution in [-0.2, 0) is 19.9 Å². The zero-order valence-corrected chi connectivity index (χ0v) is 16.3. The van der Waals surface area contributed by atoms with Gasteiger partial charge < -0.3 is 72.0 Å². The summed E-state index contributed by atoms with van der Waals surface area (Å²) in [6.45, 7) is 0. The van der Waals surface area contributed by atoms with Gasteiger partial charge in [0.2, 0.25) is 0 Å². The second kappa shape index (κ2) is 12.5. The van der Waals surface area contributed by atoms with Crippen LogP contribution < -0.4 is 11.5 Å². The maximum atomic E-state index is 9.21. The fourth-order valence-electron chi connectivity index (χ4n) is 2.34. The summed E-state index contributed by atoms with van der Waals surface area (Å²) in [5, 5.41) is 90.4. The van der Waals surface area contributed by atoms with Crippen LogP contribution in [0.5, 0.6) is 0 Å². The van der Waals surface area contributed by atoms with Crippen molar-refractivity contribution < 1.29 is 78.1 Å². The SMILES string of the molecule is NC(O)[C@H]1OC(O)[C@H](O)[C@@H](O)[C@H]1O.NC(O)[C@H]1OC(O)[C@H](O)[C@@H](O)[C@H]1O.O=S(=O)(O)O. The average molecular weight is 488 g/mol. The van der Waals surface area contributed by atoms with Gasteiger partial charge in [-0.05, 0) is 0 Å². The molecule has 0 amide bonds. The molecule has 0 radical (unpaired) electrons. The molecule has 2 fully saturated rings. The van der Waals surface area contributed by atoms with E-state index in [1.54, 1.807) is 0 Å². The molecule has 2 aliphatic rings. The Hall–Kier alpha value is -0.690. The van der Waals surface area contributed by atoms with Gasteiger partial charge in [-0.25, -0.2) is 0 Å². The Morgan fingerprint density at radius 2 is 0.806 bits per heavy atom. The summed E-state index contributed by atoms with van der Waals surface area (Å²) in [6, 6.07) is 0. The summed E-state index contributed by atoms with van der Waals surface area (Å²) < 4.78 is 40.7. The largest absolute Gasteiger partial charge is 0.394 e. The summed E-state index contributed by atoms with van der Waals surface area (Å²) >= 11 is 0. The van der Waals surface area contributed by atoms with Crippen LogP contribution in [0.2, 0.25) is 0 Å². The Morgan fingerprint density at radius 3 is 1.00 bits per heavy atom. The van der Waals surface area contributed by atoms with Crippen molar-refractivity contribution in [1.29, 1.82) is 0 Å². The van der Waals surface area contributed by atoms with Crippen LogP contribution >= 0.6 is 0 Å². The van der Waals surface area contributed by atoms with Crippen LogP contribution in [0, 0.1) is 0 Å². The maximum Gasteiger partial charge on any atom is 0.394 e. The second-order valence-corrected chi connectivity index (χ2v) is 7.25. The zero-order chi connectivity index (χ0) is 24.8. The van der Waals surface area contributed by atoms with E-state index < -0.39 is 84.3 Å². The minimum absolute atomic E-state index is 1.31. The van der Waals surface area contributed by atoms with Gasteiger partial charge in [0.05, 0.1) is 0 Å². The molecule has 2 rings (SSSR count). The molecule has 2 saturated heterocycles. The van der Waals surface area contributed by atoms with E-state index in [1.165, 1.54) is 0 Å². The number of ether oxygens (including phenoxy) is 2. The molecule has 2 heterocycles. The van der Waals surface area contributed by atoms with Crippen molar-refractivity contribution in [3.8, 4) is 0 Å². The molecule has 18 nitrogen and oxygen atoms in total. The highest BCUT2D eigenvalue weighted by atomic mass is 32.3. The van der Waals surface area contributed by atoms with Crippen molar-refractivity contribution >= 4 is 10.4 Å². The van der Waals surface area contributed by atoms with Gasteiger partial charge in [-0.15, -0.1) is 0 Å². The van der Waals surface area contributed by atoms with Crippen molar-refractivity contribution in [2.45, 2.75) is 73.9 Å². The van der Waals surface area contributed by atoms with Gasteiger partial charge in [-0.1, -0.05) is 0 Å². The first-order valence-electron chi connectivity index (χ1n) is 8.22. The highest BCUT2D eigenvalue weighted by Crippen LogP contribution is 2.21. The Morgan fingerprint density at radius 1 is 0.581 bits per heavy atom. The lowest BCUT2D eigenvalue weighted by Gasteiger charge is -2.39. The summed E-state index contributed by atoms with van der Waals surface area (Å²) in [5.74, 6) is 0. The standard InChI is InChI=1S/2C6H13NO6.H2O4S/c2*7-5(11)4-2(9)1(8)3(10)6(12)13-4;1-5(2,3)4/h2*1-6,8-12H,7H2;(H2,1,2,3,4)/t2*1-,2+,3+,4-,5?,6?;/m00./s1. The van der Waals surface area contributed by atoms with E-state index in [0.717, 1.165) is 0 Å².